The zero-order valence-electron chi connectivity index (χ0n) is 10.7. The second-order valence-corrected chi connectivity index (χ2v) is 6.23. The topological polar surface area (TPSA) is 93.2 Å². The molecule has 20 heavy (non-hydrogen) atoms. The summed E-state index contributed by atoms with van der Waals surface area (Å²) in [6.45, 7) is 0. The van der Waals surface area contributed by atoms with Gasteiger partial charge in [0, 0.05) is 6.26 Å². The van der Waals surface area contributed by atoms with Crippen LogP contribution in [0.15, 0.2) is 47.4 Å². The molecule has 0 aliphatic heterocycles. The number of hydrogen-bond acceptors (Lipinski definition) is 5. The fraction of sp³-hybridized carbons (Fsp3) is 0.0714. The number of nitriles is 1. The fourth-order valence-electron chi connectivity index (χ4n) is 1.61. The third-order valence-electron chi connectivity index (χ3n) is 2.60. The van der Waals surface area contributed by atoms with Gasteiger partial charge in [-0.1, -0.05) is 6.07 Å². The van der Waals surface area contributed by atoms with Crippen LogP contribution < -0.4 is 10.5 Å². The van der Waals surface area contributed by atoms with Crippen LogP contribution in [0, 0.1) is 11.3 Å². The normalized spacial score (nSPS) is 10.8. The van der Waals surface area contributed by atoms with Crippen molar-refractivity contribution in [1.29, 1.82) is 5.26 Å². The van der Waals surface area contributed by atoms with Crippen LogP contribution in [-0.2, 0) is 9.84 Å². The van der Waals surface area contributed by atoms with Crippen molar-refractivity contribution in [3.63, 3.8) is 0 Å². The van der Waals surface area contributed by atoms with Crippen LogP contribution in [0.5, 0.6) is 11.5 Å². The van der Waals surface area contributed by atoms with E-state index in [9.17, 15) is 8.42 Å². The Morgan fingerprint density at radius 1 is 1.20 bits per heavy atom. The Balaban J connectivity index is 2.33. The average Bonchev–Trinajstić information content (AvgIpc) is 2.40. The van der Waals surface area contributed by atoms with Crippen LogP contribution in [0.3, 0.4) is 0 Å². The van der Waals surface area contributed by atoms with Crippen LogP contribution in [-0.4, -0.2) is 14.7 Å². The number of nitrogens with zero attached hydrogens (tertiary/aromatic N) is 1. The maximum Gasteiger partial charge on any atom is 0.175 e. The van der Waals surface area contributed by atoms with E-state index in [1.807, 2.05) is 6.07 Å². The Labute approximate surface area is 117 Å². The number of ether oxygens (including phenoxy) is 1. The Hall–Kier alpha value is -2.52. The SMILES string of the molecule is CS(=O)(=O)c1ccc(Oc2cccc(C#N)c2)c(N)c1. The van der Waals surface area contributed by atoms with Crippen LogP contribution in [0.1, 0.15) is 5.56 Å². The van der Waals surface area contributed by atoms with Crippen molar-refractivity contribution >= 4 is 15.5 Å². The summed E-state index contributed by atoms with van der Waals surface area (Å²) in [7, 11) is -3.30. The molecule has 0 fully saturated rings. The lowest BCUT2D eigenvalue weighted by Crippen LogP contribution is -1.99. The van der Waals surface area contributed by atoms with Gasteiger partial charge in [0.25, 0.3) is 0 Å². The van der Waals surface area contributed by atoms with Gasteiger partial charge in [-0.2, -0.15) is 5.26 Å². The molecule has 0 bridgehead atoms. The molecule has 0 saturated heterocycles. The molecule has 6 heteroatoms. The van der Waals surface area contributed by atoms with Gasteiger partial charge in [0.2, 0.25) is 0 Å². The molecule has 102 valence electrons. The molecular weight excluding hydrogens is 276 g/mol. The van der Waals surface area contributed by atoms with Crippen LogP contribution in [0.25, 0.3) is 0 Å². The smallest absolute Gasteiger partial charge is 0.175 e. The highest BCUT2D eigenvalue weighted by Gasteiger charge is 2.10. The van der Waals surface area contributed by atoms with Crippen molar-refractivity contribution in [1.82, 2.24) is 0 Å². The maximum atomic E-state index is 11.4. The largest absolute Gasteiger partial charge is 0.455 e. The van der Waals surface area contributed by atoms with E-state index in [1.165, 1.54) is 18.2 Å². The molecule has 0 spiro atoms. The molecule has 5 nitrogen and oxygen atoms in total. The van der Waals surface area contributed by atoms with Crippen molar-refractivity contribution in [3.05, 3.63) is 48.0 Å². The molecule has 0 saturated carbocycles. The molecule has 0 aliphatic rings. The Bertz CT molecular complexity index is 792. The molecule has 0 heterocycles. The number of nitrogen functional groups attached to an aromatic ring is 1. The highest BCUT2D eigenvalue weighted by Crippen LogP contribution is 2.29. The first-order valence-electron chi connectivity index (χ1n) is 5.68. The first kappa shape index (κ1) is 13.9. The fourth-order valence-corrected chi connectivity index (χ4v) is 2.26. The van der Waals surface area contributed by atoms with Crippen molar-refractivity contribution < 1.29 is 13.2 Å². The van der Waals surface area contributed by atoms with Crippen molar-refractivity contribution in [3.8, 4) is 17.6 Å². The molecule has 2 rings (SSSR count). The molecule has 0 radical (unpaired) electrons. The Morgan fingerprint density at radius 2 is 1.95 bits per heavy atom. The minimum atomic E-state index is -3.30. The number of anilines is 1. The molecule has 0 atom stereocenters. The second kappa shape index (κ2) is 5.23. The first-order valence-corrected chi connectivity index (χ1v) is 7.57. The van der Waals surface area contributed by atoms with Gasteiger partial charge in [-0.3, -0.25) is 0 Å². The zero-order valence-corrected chi connectivity index (χ0v) is 11.5. The number of benzene rings is 2. The van der Waals surface area contributed by atoms with Crippen molar-refractivity contribution in [2.75, 3.05) is 12.0 Å². The van der Waals surface area contributed by atoms with Gasteiger partial charge in [-0.25, -0.2) is 8.42 Å². The van der Waals surface area contributed by atoms with E-state index in [0.717, 1.165) is 6.26 Å². The third kappa shape index (κ3) is 3.08. The summed E-state index contributed by atoms with van der Waals surface area (Å²) in [5.74, 6) is 0.801. The number of hydrogen-bond donors (Lipinski definition) is 1. The van der Waals surface area contributed by atoms with Gasteiger partial charge in [-0.05, 0) is 36.4 Å². The summed E-state index contributed by atoms with van der Waals surface area (Å²) >= 11 is 0. The second-order valence-electron chi connectivity index (χ2n) is 4.21. The third-order valence-corrected chi connectivity index (χ3v) is 3.71. The summed E-state index contributed by atoms with van der Waals surface area (Å²) in [6, 6.07) is 12.9. The summed E-state index contributed by atoms with van der Waals surface area (Å²) in [6.07, 6.45) is 1.11. The number of sulfone groups is 1. The van der Waals surface area contributed by atoms with Crippen LogP contribution in [0.2, 0.25) is 0 Å². The highest BCUT2D eigenvalue weighted by molar-refractivity contribution is 7.90. The lowest BCUT2D eigenvalue weighted by atomic mass is 10.2. The first-order chi connectivity index (χ1) is 9.40. The lowest BCUT2D eigenvalue weighted by molar-refractivity contribution is 0.484. The van der Waals surface area contributed by atoms with Gasteiger partial charge < -0.3 is 10.5 Å². The average molecular weight is 288 g/mol. The lowest BCUT2D eigenvalue weighted by Gasteiger charge is -2.09. The molecule has 0 aliphatic carbocycles. The number of rotatable bonds is 3. The van der Waals surface area contributed by atoms with E-state index in [-0.39, 0.29) is 10.6 Å². The highest BCUT2D eigenvalue weighted by atomic mass is 32.2. The van der Waals surface area contributed by atoms with E-state index in [4.69, 9.17) is 15.7 Å². The van der Waals surface area contributed by atoms with Crippen molar-refractivity contribution in [2.24, 2.45) is 0 Å². The molecule has 0 unspecified atom stereocenters. The predicted octanol–water partition coefficient (Wildman–Crippen LogP) is 2.34. The summed E-state index contributed by atoms with van der Waals surface area (Å²) in [4.78, 5) is 0.133. The quantitative estimate of drug-likeness (QED) is 0.875. The van der Waals surface area contributed by atoms with Gasteiger partial charge in [0.05, 0.1) is 22.2 Å². The monoisotopic (exact) mass is 288 g/mol. The standard InChI is InChI=1S/C14H12N2O3S/c1-20(17,18)12-5-6-14(13(16)8-12)19-11-4-2-3-10(7-11)9-15/h2-8H,16H2,1H3. The van der Waals surface area contributed by atoms with Crippen LogP contribution in [0.4, 0.5) is 5.69 Å². The summed E-state index contributed by atoms with van der Waals surface area (Å²) in [5.41, 5.74) is 6.47. The van der Waals surface area contributed by atoms with Gasteiger partial charge in [0.1, 0.15) is 11.5 Å². The molecule has 0 aromatic heterocycles. The van der Waals surface area contributed by atoms with E-state index in [2.05, 4.69) is 0 Å². The molecule has 2 aromatic carbocycles. The zero-order chi connectivity index (χ0) is 14.8. The summed E-state index contributed by atoms with van der Waals surface area (Å²) in [5, 5.41) is 8.81. The van der Waals surface area contributed by atoms with E-state index >= 15 is 0 Å². The Morgan fingerprint density at radius 3 is 2.55 bits per heavy atom. The van der Waals surface area contributed by atoms with E-state index in [1.54, 1.807) is 24.3 Å². The number of nitrogens with two attached hydrogens (primary N) is 1. The van der Waals surface area contributed by atoms with Gasteiger partial charge in [-0.15, -0.1) is 0 Å². The Kier molecular flexibility index (Phi) is 3.63. The molecule has 0 amide bonds. The minimum Gasteiger partial charge on any atom is -0.455 e. The predicted molar refractivity (Wildman–Crippen MR) is 75.2 cm³/mol. The van der Waals surface area contributed by atoms with Gasteiger partial charge >= 0.3 is 0 Å². The molecule has 2 N–H and O–H groups in total. The minimum absolute atomic E-state index is 0.133. The summed E-state index contributed by atoms with van der Waals surface area (Å²) < 4.78 is 28.4. The molecule has 2 aromatic rings. The van der Waals surface area contributed by atoms with E-state index < -0.39 is 9.84 Å². The van der Waals surface area contributed by atoms with Crippen LogP contribution >= 0.6 is 0 Å². The van der Waals surface area contributed by atoms with Crippen molar-refractivity contribution in [2.45, 2.75) is 4.90 Å². The van der Waals surface area contributed by atoms with E-state index in [0.29, 0.717) is 17.1 Å². The molecular formula is C14H12N2O3S. The van der Waals surface area contributed by atoms with Gasteiger partial charge in [0.15, 0.2) is 9.84 Å². The maximum absolute atomic E-state index is 11.4.